The highest BCUT2D eigenvalue weighted by Crippen LogP contribution is 2.22. The molecule has 2 rings (SSSR count). The molecule has 0 radical (unpaired) electrons. The Morgan fingerprint density at radius 2 is 2.11 bits per heavy atom. The monoisotopic (exact) mass is 247 g/mol. The Labute approximate surface area is 111 Å². The van der Waals surface area contributed by atoms with Crippen molar-refractivity contribution in [2.45, 2.75) is 46.2 Å². The lowest BCUT2D eigenvalue weighted by Gasteiger charge is -2.32. The maximum atomic E-state index is 4.43. The van der Waals surface area contributed by atoms with Gasteiger partial charge in [0.25, 0.3) is 0 Å². The average Bonchev–Trinajstić information content (AvgIpc) is 2.37. The third-order valence-electron chi connectivity index (χ3n) is 3.64. The summed E-state index contributed by atoms with van der Waals surface area (Å²) in [4.78, 5) is 6.92. The number of pyridine rings is 1. The summed E-state index contributed by atoms with van der Waals surface area (Å²) in [6.45, 7) is 9.90. The van der Waals surface area contributed by atoms with Gasteiger partial charge in [-0.1, -0.05) is 20.8 Å². The second-order valence-corrected chi connectivity index (χ2v) is 5.71. The van der Waals surface area contributed by atoms with Crippen LogP contribution in [-0.2, 0) is 6.54 Å². The van der Waals surface area contributed by atoms with Crippen LogP contribution in [0.2, 0.25) is 0 Å². The first-order valence-corrected chi connectivity index (χ1v) is 7.08. The summed E-state index contributed by atoms with van der Waals surface area (Å²) in [5.74, 6) is 0.880. The normalized spacial score (nSPS) is 17.4. The molecular weight excluding hydrogens is 222 g/mol. The van der Waals surface area contributed by atoms with Crippen LogP contribution in [0.5, 0.6) is 0 Å². The topological polar surface area (TPSA) is 28.2 Å². The van der Waals surface area contributed by atoms with Crippen molar-refractivity contribution in [1.29, 1.82) is 0 Å². The maximum Gasteiger partial charge on any atom is 0.0562 e. The number of aromatic nitrogens is 1. The maximum absolute atomic E-state index is 4.43. The van der Waals surface area contributed by atoms with Gasteiger partial charge < -0.3 is 10.2 Å². The van der Waals surface area contributed by atoms with Crippen molar-refractivity contribution in [3.05, 3.63) is 24.0 Å². The Kier molecular flexibility index (Phi) is 4.59. The lowest BCUT2D eigenvalue weighted by molar-refractivity contribution is 0.438. The van der Waals surface area contributed by atoms with Crippen molar-refractivity contribution in [1.82, 2.24) is 10.3 Å². The molecule has 0 spiro atoms. The van der Waals surface area contributed by atoms with Gasteiger partial charge in [0.15, 0.2) is 0 Å². The van der Waals surface area contributed by atoms with Crippen LogP contribution in [0.25, 0.3) is 0 Å². The molecule has 1 aromatic rings. The van der Waals surface area contributed by atoms with E-state index in [-0.39, 0.29) is 0 Å². The summed E-state index contributed by atoms with van der Waals surface area (Å²) in [5, 5.41) is 3.42. The molecule has 0 saturated carbocycles. The van der Waals surface area contributed by atoms with Crippen molar-refractivity contribution in [3.8, 4) is 0 Å². The summed E-state index contributed by atoms with van der Waals surface area (Å²) in [6, 6.07) is 4.87. The fraction of sp³-hybridized carbons (Fsp3) is 0.667. The molecule has 0 amide bonds. The molecule has 0 aromatic carbocycles. The second-order valence-electron chi connectivity index (χ2n) is 5.71. The zero-order chi connectivity index (χ0) is 13.0. The largest absolute Gasteiger partial charge is 0.371 e. The molecule has 0 atom stereocenters. The van der Waals surface area contributed by atoms with Gasteiger partial charge in [0.2, 0.25) is 0 Å². The fourth-order valence-corrected chi connectivity index (χ4v) is 2.33. The molecule has 1 aromatic heterocycles. The molecule has 1 N–H and O–H groups in total. The van der Waals surface area contributed by atoms with Crippen molar-refractivity contribution in [2.75, 3.05) is 18.0 Å². The van der Waals surface area contributed by atoms with Gasteiger partial charge in [-0.15, -0.1) is 0 Å². The highest BCUT2D eigenvalue weighted by Gasteiger charge is 2.16. The third-order valence-corrected chi connectivity index (χ3v) is 3.64. The van der Waals surface area contributed by atoms with Crippen LogP contribution in [0.3, 0.4) is 0 Å². The molecule has 2 heterocycles. The van der Waals surface area contributed by atoms with Crippen molar-refractivity contribution in [3.63, 3.8) is 0 Å². The predicted octanol–water partition coefficient (Wildman–Crippen LogP) is 2.82. The second kappa shape index (κ2) is 6.19. The molecule has 3 nitrogen and oxygen atoms in total. The van der Waals surface area contributed by atoms with E-state index in [1.165, 1.54) is 31.6 Å². The molecule has 0 bridgehead atoms. The van der Waals surface area contributed by atoms with E-state index in [2.05, 4.69) is 48.1 Å². The summed E-state index contributed by atoms with van der Waals surface area (Å²) in [6.07, 6.45) is 4.55. The smallest absolute Gasteiger partial charge is 0.0562 e. The van der Waals surface area contributed by atoms with E-state index in [9.17, 15) is 0 Å². The predicted molar refractivity (Wildman–Crippen MR) is 76.8 cm³/mol. The SMILES string of the molecule is CC1CCN(c2ccnc(CNC(C)C)c2)CC1. The summed E-state index contributed by atoms with van der Waals surface area (Å²) in [5.41, 5.74) is 2.47. The first-order chi connectivity index (χ1) is 8.65. The molecule has 1 aliphatic rings. The van der Waals surface area contributed by atoms with Gasteiger partial charge in [-0.3, -0.25) is 4.98 Å². The number of nitrogens with zero attached hydrogens (tertiary/aromatic N) is 2. The molecule has 18 heavy (non-hydrogen) atoms. The molecule has 1 fully saturated rings. The van der Waals surface area contributed by atoms with Gasteiger partial charge in [0.05, 0.1) is 5.69 Å². The van der Waals surface area contributed by atoms with E-state index in [4.69, 9.17) is 0 Å². The Morgan fingerprint density at radius 3 is 2.78 bits per heavy atom. The lowest BCUT2D eigenvalue weighted by atomic mass is 9.99. The summed E-state index contributed by atoms with van der Waals surface area (Å²) >= 11 is 0. The minimum atomic E-state index is 0.506. The number of rotatable bonds is 4. The number of piperidine rings is 1. The highest BCUT2D eigenvalue weighted by molar-refractivity contribution is 5.46. The Hall–Kier alpha value is -1.09. The van der Waals surface area contributed by atoms with E-state index in [1.807, 2.05) is 6.20 Å². The fourth-order valence-electron chi connectivity index (χ4n) is 2.33. The van der Waals surface area contributed by atoms with Crippen LogP contribution in [0.15, 0.2) is 18.3 Å². The van der Waals surface area contributed by atoms with E-state index in [1.54, 1.807) is 0 Å². The quantitative estimate of drug-likeness (QED) is 0.887. The number of nitrogens with one attached hydrogen (secondary N) is 1. The average molecular weight is 247 g/mol. The number of hydrogen-bond donors (Lipinski definition) is 1. The Bertz CT molecular complexity index is 368. The van der Waals surface area contributed by atoms with Crippen LogP contribution >= 0.6 is 0 Å². The molecule has 0 aliphatic carbocycles. The van der Waals surface area contributed by atoms with Crippen LogP contribution < -0.4 is 10.2 Å². The zero-order valence-electron chi connectivity index (χ0n) is 11.8. The number of anilines is 1. The van der Waals surface area contributed by atoms with Crippen molar-refractivity contribution >= 4 is 5.69 Å². The number of hydrogen-bond acceptors (Lipinski definition) is 3. The van der Waals surface area contributed by atoms with Crippen LogP contribution in [0.1, 0.15) is 39.3 Å². The molecule has 3 heteroatoms. The van der Waals surface area contributed by atoms with Crippen molar-refractivity contribution < 1.29 is 0 Å². The van der Waals surface area contributed by atoms with Crippen LogP contribution in [-0.4, -0.2) is 24.1 Å². The third kappa shape index (κ3) is 3.70. The standard InChI is InChI=1S/C15H25N3/c1-12(2)17-11-14-10-15(4-7-16-14)18-8-5-13(3)6-9-18/h4,7,10,12-13,17H,5-6,8-9,11H2,1-3H3. The molecular formula is C15H25N3. The minimum Gasteiger partial charge on any atom is -0.371 e. The van der Waals surface area contributed by atoms with Gasteiger partial charge in [-0.2, -0.15) is 0 Å². The van der Waals surface area contributed by atoms with Gasteiger partial charge >= 0.3 is 0 Å². The molecule has 0 unspecified atom stereocenters. The molecule has 1 saturated heterocycles. The van der Waals surface area contributed by atoms with E-state index < -0.39 is 0 Å². The molecule has 100 valence electrons. The first kappa shape index (κ1) is 13.3. The highest BCUT2D eigenvalue weighted by atomic mass is 15.1. The first-order valence-electron chi connectivity index (χ1n) is 7.08. The summed E-state index contributed by atoms with van der Waals surface area (Å²) in [7, 11) is 0. The minimum absolute atomic E-state index is 0.506. The Morgan fingerprint density at radius 1 is 1.39 bits per heavy atom. The van der Waals surface area contributed by atoms with E-state index >= 15 is 0 Å². The van der Waals surface area contributed by atoms with E-state index in [0.717, 1.165) is 18.2 Å². The van der Waals surface area contributed by atoms with Crippen LogP contribution in [0.4, 0.5) is 5.69 Å². The lowest BCUT2D eigenvalue weighted by Crippen LogP contribution is -2.33. The van der Waals surface area contributed by atoms with Gasteiger partial charge in [-0.05, 0) is 30.9 Å². The Balaban J connectivity index is 1.98. The van der Waals surface area contributed by atoms with Gasteiger partial charge in [0.1, 0.15) is 0 Å². The summed E-state index contributed by atoms with van der Waals surface area (Å²) < 4.78 is 0. The van der Waals surface area contributed by atoms with Gasteiger partial charge in [0, 0.05) is 37.6 Å². The van der Waals surface area contributed by atoms with Crippen LogP contribution in [0, 0.1) is 5.92 Å². The van der Waals surface area contributed by atoms with E-state index in [0.29, 0.717) is 6.04 Å². The zero-order valence-corrected chi connectivity index (χ0v) is 11.8. The molecule has 1 aliphatic heterocycles. The van der Waals surface area contributed by atoms with Gasteiger partial charge in [-0.25, -0.2) is 0 Å². The van der Waals surface area contributed by atoms with Crippen molar-refractivity contribution in [2.24, 2.45) is 5.92 Å².